The molecule has 0 radical (unpaired) electrons. The lowest BCUT2D eigenvalue weighted by atomic mass is 10.2. The fourth-order valence-electron chi connectivity index (χ4n) is 2.33. The molecule has 1 amide bonds. The zero-order valence-electron chi connectivity index (χ0n) is 12.9. The normalized spacial score (nSPS) is 13.5. The number of hydrogen-bond acceptors (Lipinski definition) is 5. The summed E-state index contributed by atoms with van der Waals surface area (Å²) in [7, 11) is 1.52. The minimum absolute atomic E-state index is 0.0974. The molecule has 1 fully saturated rings. The van der Waals surface area contributed by atoms with Crippen LogP contribution >= 0.6 is 0 Å². The Bertz CT molecular complexity index is 747. The number of rotatable bonds is 5. The van der Waals surface area contributed by atoms with Crippen molar-refractivity contribution in [1.29, 1.82) is 0 Å². The van der Waals surface area contributed by atoms with Crippen LogP contribution in [0.15, 0.2) is 24.5 Å². The molecule has 1 saturated carbocycles. The maximum Gasteiger partial charge on any atom is 0.221 e. The Morgan fingerprint density at radius 2 is 2.13 bits per heavy atom. The number of methoxy groups -OCH3 is 1. The largest absolute Gasteiger partial charge is 0.495 e. The minimum Gasteiger partial charge on any atom is -0.495 e. The highest BCUT2D eigenvalue weighted by Crippen LogP contribution is 2.41. The third-order valence-electron chi connectivity index (χ3n) is 3.55. The van der Waals surface area contributed by atoms with Gasteiger partial charge in [0, 0.05) is 18.5 Å². The molecule has 0 bridgehead atoms. The first-order chi connectivity index (χ1) is 11.1. The third kappa shape index (κ3) is 3.39. The van der Waals surface area contributed by atoms with Crippen molar-refractivity contribution in [3.63, 3.8) is 0 Å². The van der Waals surface area contributed by atoms with Crippen molar-refractivity contribution in [2.75, 3.05) is 17.7 Å². The number of benzene rings is 1. The molecular formula is C16H17FN4O2. The topological polar surface area (TPSA) is 76.1 Å². The number of nitrogens with one attached hydrogen (secondary N) is 2. The maximum absolute atomic E-state index is 14.5. The zero-order valence-corrected chi connectivity index (χ0v) is 12.9. The summed E-state index contributed by atoms with van der Waals surface area (Å²) in [6, 6.07) is 5.06. The number of carbonyl (C=O) groups excluding carboxylic acids is 1. The SMILES string of the molecule is COc1ccc(NC(C)=O)cc1Nc1ncnc(C2CC2)c1F. The molecule has 0 spiro atoms. The van der Waals surface area contributed by atoms with E-state index in [2.05, 4.69) is 20.6 Å². The van der Waals surface area contributed by atoms with Gasteiger partial charge in [0.1, 0.15) is 12.1 Å². The molecule has 23 heavy (non-hydrogen) atoms. The minimum atomic E-state index is -0.443. The Morgan fingerprint density at radius 3 is 2.78 bits per heavy atom. The summed E-state index contributed by atoms with van der Waals surface area (Å²) in [4.78, 5) is 19.2. The molecule has 0 saturated heterocycles. The van der Waals surface area contributed by atoms with Gasteiger partial charge in [-0.1, -0.05) is 0 Å². The Balaban J connectivity index is 1.92. The van der Waals surface area contributed by atoms with E-state index in [1.165, 1.54) is 20.4 Å². The molecule has 3 rings (SSSR count). The van der Waals surface area contributed by atoms with Crippen LogP contribution in [0.25, 0.3) is 0 Å². The predicted molar refractivity (Wildman–Crippen MR) is 84.5 cm³/mol. The summed E-state index contributed by atoms with van der Waals surface area (Å²) in [5.74, 6) is 0.170. The van der Waals surface area contributed by atoms with Crippen molar-refractivity contribution >= 4 is 23.1 Å². The van der Waals surface area contributed by atoms with Gasteiger partial charge in [-0.15, -0.1) is 0 Å². The summed E-state index contributed by atoms with van der Waals surface area (Å²) in [6.07, 6.45) is 3.26. The van der Waals surface area contributed by atoms with Crippen molar-refractivity contribution in [3.8, 4) is 5.75 Å². The molecule has 2 aromatic rings. The molecule has 6 nitrogen and oxygen atoms in total. The molecule has 1 aliphatic carbocycles. The van der Waals surface area contributed by atoms with Gasteiger partial charge in [-0.25, -0.2) is 14.4 Å². The van der Waals surface area contributed by atoms with Crippen LogP contribution in [0.3, 0.4) is 0 Å². The van der Waals surface area contributed by atoms with E-state index in [0.717, 1.165) is 12.8 Å². The van der Waals surface area contributed by atoms with Gasteiger partial charge in [0.15, 0.2) is 11.6 Å². The van der Waals surface area contributed by atoms with E-state index in [-0.39, 0.29) is 17.6 Å². The summed E-state index contributed by atoms with van der Waals surface area (Å²) in [6.45, 7) is 1.42. The first-order valence-corrected chi connectivity index (χ1v) is 7.31. The Hall–Kier alpha value is -2.70. The molecule has 1 aromatic heterocycles. The number of halogens is 1. The average molecular weight is 316 g/mol. The van der Waals surface area contributed by atoms with Crippen molar-refractivity contribution in [3.05, 3.63) is 36.0 Å². The lowest BCUT2D eigenvalue weighted by molar-refractivity contribution is -0.114. The third-order valence-corrected chi connectivity index (χ3v) is 3.55. The van der Waals surface area contributed by atoms with Gasteiger partial charge in [-0.05, 0) is 31.0 Å². The van der Waals surface area contributed by atoms with Gasteiger partial charge in [-0.2, -0.15) is 0 Å². The highest BCUT2D eigenvalue weighted by molar-refractivity contribution is 5.89. The molecule has 1 aliphatic rings. The fourth-order valence-corrected chi connectivity index (χ4v) is 2.33. The van der Waals surface area contributed by atoms with E-state index in [1.807, 2.05) is 0 Å². The number of amides is 1. The van der Waals surface area contributed by atoms with Crippen molar-refractivity contribution in [2.45, 2.75) is 25.7 Å². The molecule has 1 heterocycles. The van der Waals surface area contributed by atoms with E-state index in [4.69, 9.17) is 4.74 Å². The number of nitrogens with zero attached hydrogens (tertiary/aromatic N) is 2. The zero-order chi connectivity index (χ0) is 16.4. The monoisotopic (exact) mass is 316 g/mol. The Kier molecular flexibility index (Phi) is 4.10. The predicted octanol–water partition coefficient (Wildman–Crippen LogP) is 3.20. The van der Waals surface area contributed by atoms with Crippen LogP contribution in [0.1, 0.15) is 31.4 Å². The van der Waals surface area contributed by atoms with Crippen molar-refractivity contribution in [2.24, 2.45) is 0 Å². The van der Waals surface area contributed by atoms with Crippen molar-refractivity contribution < 1.29 is 13.9 Å². The van der Waals surface area contributed by atoms with Gasteiger partial charge in [-0.3, -0.25) is 4.79 Å². The van der Waals surface area contributed by atoms with Gasteiger partial charge in [0.25, 0.3) is 0 Å². The van der Waals surface area contributed by atoms with Gasteiger partial charge in [0.05, 0.1) is 18.5 Å². The van der Waals surface area contributed by atoms with Crippen LogP contribution in [0.4, 0.5) is 21.6 Å². The molecule has 0 aliphatic heterocycles. The summed E-state index contributed by atoms with van der Waals surface area (Å²) >= 11 is 0. The lowest BCUT2D eigenvalue weighted by Gasteiger charge is -2.13. The van der Waals surface area contributed by atoms with Gasteiger partial charge in [0.2, 0.25) is 5.91 Å². The number of carbonyl (C=O) groups is 1. The maximum atomic E-state index is 14.5. The van der Waals surface area contributed by atoms with Crippen LogP contribution in [0, 0.1) is 5.82 Å². The highest BCUT2D eigenvalue weighted by atomic mass is 19.1. The molecule has 7 heteroatoms. The molecule has 120 valence electrons. The van der Waals surface area contributed by atoms with Crippen LogP contribution in [-0.4, -0.2) is 23.0 Å². The number of ether oxygens (including phenoxy) is 1. The fraction of sp³-hybridized carbons (Fsp3) is 0.312. The number of aromatic nitrogens is 2. The molecule has 1 aromatic carbocycles. The van der Waals surface area contributed by atoms with Crippen LogP contribution < -0.4 is 15.4 Å². The average Bonchev–Trinajstić information content (AvgIpc) is 3.34. The standard InChI is InChI=1S/C16H17FN4O2/c1-9(22)20-11-5-6-13(23-2)12(7-11)21-16-14(17)15(10-3-4-10)18-8-19-16/h5-8,10H,3-4H2,1-2H3,(H,20,22)(H,18,19,21). The molecule has 0 unspecified atom stereocenters. The molecule has 0 atom stereocenters. The van der Waals surface area contributed by atoms with E-state index in [0.29, 0.717) is 22.8 Å². The van der Waals surface area contributed by atoms with E-state index in [1.54, 1.807) is 18.2 Å². The van der Waals surface area contributed by atoms with Crippen LogP contribution in [-0.2, 0) is 4.79 Å². The second kappa shape index (κ2) is 6.20. The molecule has 2 N–H and O–H groups in total. The van der Waals surface area contributed by atoms with Crippen LogP contribution in [0.5, 0.6) is 5.75 Å². The number of anilines is 3. The van der Waals surface area contributed by atoms with E-state index >= 15 is 0 Å². The summed E-state index contributed by atoms with van der Waals surface area (Å²) in [5, 5.41) is 5.60. The number of hydrogen-bond donors (Lipinski definition) is 2. The summed E-state index contributed by atoms with van der Waals surface area (Å²) in [5.41, 5.74) is 1.54. The van der Waals surface area contributed by atoms with E-state index in [9.17, 15) is 9.18 Å². The second-order valence-corrected chi connectivity index (χ2v) is 5.42. The highest BCUT2D eigenvalue weighted by Gasteiger charge is 2.29. The Morgan fingerprint density at radius 1 is 1.35 bits per heavy atom. The smallest absolute Gasteiger partial charge is 0.221 e. The lowest BCUT2D eigenvalue weighted by Crippen LogP contribution is -2.07. The van der Waals surface area contributed by atoms with Gasteiger partial charge >= 0.3 is 0 Å². The quantitative estimate of drug-likeness (QED) is 0.886. The first-order valence-electron chi connectivity index (χ1n) is 7.31. The van der Waals surface area contributed by atoms with Crippen LogP contribution in [0.2, 0.25) is 0 Å². The Labute approximate surface area is 133 Å². The first kappa shape index (κ1) is 15.2. The van der Waals surface area contributed by atoms with Crippen molar-refractivity contribution in [1.82, 2.24) is 9.97 Å². The molecular weight excluding hydrogens is 299 g/mol. The summed E-state index contributed by atoms with van der Waals surface area (Å²) < 4.78 is 19.8. The second-order valence-electron chi connectivity index (χ2n) is 5.42. The van der Waals surface area contributed by atoms with Gasteiger partial charge < -0.3 is 15.4 Å². The van der Waals surface area contributed by atoms with E-state index < -0.39 is 5.82 Å².